The van der Waals surface area contributed by atoms with E-state index < -0.39 is 0 Å². The Hall–Kier alpha value is -0.900. The molecule has 1 N–H and O–H groups in total. The normalized spacial score (nSPS) is 37.6. The van der Waals surface area contributed by atoms with Crippen molar-refractivity contribution in [3.8, 4) is 0 Å². The highest BCUT2D eigenvalue weighted by molar-refractivity contribution is 6.06. The molecule has 2 saturated heterocycles. The van der Waals surface area contributed by atoms with Crippen LogP contribution in [0.25, 0.3) is 0 Å². The van der Waals surface area contributed by atoms with E-state index in [9.17, 15) is 9.59 Å². The van der Waals surface area contributed by atoms with Crippen molar-refractivity contribution in [1.29, 1.82) is 0 Å². The molecule has 2 aliphatic heterocycles. The maximum Gasteiger partial charge on any atom is 0.237 e. The summed E-state index contributed by atoms with van der Waals surface area (Å²) in [7, 11) is 0. The summed E-state index contributed by atoms with van der Waals surface area (Å²) in [6, 6.07) is 0.245. The van der Waals surface area contributed by atoms with E-state index in [2.05, 4.69) is 5.32 Å². The van der Waals surface area contributed by atoms with Crippen molar-refractivity contribution in [2.45, 2.75) is 31.7 Å². The maximum absolute atomic E-state index is 12.1. The minimum absolute atomic E-state index is 0.0567. The molecule has 3 rings (SSSR count). The number of rotatable bonds is 1. The van der Waals surface area contributed by atoms with Crippen molar-refractivity contribution in [2.24, 2.45) is 5.41 Å². The van der Waals surface area contributed by atoms with E-state index in [4.69, 9.17) is 0 Å². The first kappa shape index (κ1) is 8.41. The minimum atomic E-state index is -0.361. The topological polar surface area (TPSA) is 49.4 Å². The Morgan fingerprint density at radius 3 is 2.71 bits per heavy atom. The fourth-order valence-corrected chi connectivity index (χ4v) is 2.60. The number of amides is 2. The van der Waals surface area contributed by atoms with Gasteiger partial charge in [0, 0.05) is 19.0 Å². The Labute approximate surface area is 82.6 Å². The highest BCUT2D eigenvalue weighted by Crippen LogP contribution is 2.42. The first-order valence-electron chi connectivity index (χ1n) is 5.30. The first-order valence-corrected chi connectivity index (χ1v) is 5.30. The zero-order valence-corrected chi connectivity index (χ0v) is 8.08. The van der Waals surface area contributed by atoms with Crippen molar-refractivity contribution >= 4 is 11.8 Å². The van der Waals surface area contributed by atoms with Crippen LogP contribution in [0.1, 0.15) is 25.7 Å². The monoisotopic (exact) mass is 194 g/mol. The summed E-state index contributed by atoms with van der Waals surface area (Å²) in [5, 5.41) is 3.19. The third-order valence-electron chi connectivity index (χ3n) is 3.59. The molecule has 0 aromatic heterocycles. The summed E-state index contributed by atoms with van der Waals surface area (Å²) in [6.07, 6.45) is 3.30. The molecule has 4 heteroatoms. The number of nitrogens with one attached hydrogen (secondary N) is 1. The predicted octanol–water partition coefficient (Wildman–Crippen LogP) is -0.113. The number of nitrogens with zero attached hydrogens (tertiary/aromatic N) is 1. The van der Waals surface area contributed by atoms with Gasteiger partial charge in [-0.1, -0.05) is 0 Å². The summed E-state index contributed by atoms with van der Waals surface area (Å²) in [6.45, 7) is 1.57. The summed E-state index contributed by atoms with van der Waals surface area (Å²) in [5.41, 5.74) is -0.361. The van der Waals surface area contributed by atoms with Crippen molar-refractivity contribution in [2.75, 3.05) is 13.1 Å². The molecule has 2 heterocycles. The van der Waals surface area contributed by atoms with Crippen molar-refractivity contribution < 1.29 is 9.59 Å². The van der Waals surface area contributed by atoms with Gasteiger partial charge in [0.1, 0.15) is 0 Å². The predicted molar refractivity (Wildman–Crippen MR) is 49.4 cm³/mol. The fourth-order valence-electron chi connectivity index (χ4n) is 2.60. The molecule has 1 atom stereocenters. The van der Waals surface area contributed by atoms with Crippen LogP contribution in [0.5, 0.6) is 0 Å². The largest absolute Gasteiger partial charge is 0.316 e. The fraction of sp³-hybridized carbons (Fsp3) is 0.800. The molecule has 1 unspecified atom stereocenters. The lowest BCUT2D eigenvalue weighted by Crippen LogP contribution is -2.38. The molecule has 1 saturated carbocycles. The summed E-state index contributed by atoms with van der Waals surface area (Å²) >= 11 is 0. The average molecular weight is 194 g/mol. The second kappa shape index (κ2) is 2.57. The molecule has 1 aliphatic carbocycles. The van der Waals surface area contributed by atoms with E-state index in [-0.39, 0.29) is 23.3 Å². The van der Waals surface area contributed by atoms with E-state index in [1.54, 1.807) is 0 Å². The number of hydrogen-bond donors (Lipinski definition) is 1. The molecule has 0 bridgehead atoms. The lowest BCUT2D eigenvalue weighted by Gasteiger charge is -2.19. The second-order valence-corrected chi connectivity index (χ2v) is 4.68. The third kappa shape index (κ3) is 0.974. The molecule has 4 nitrogen and oxygen atoms in total. The highest BCUT2D eigenvalue weighted by Gasteiger charge is 2.56. The molecule has 2 amide bonds. The zero-order chi connectivity index (χ0) is 9.76. The SMILES string of the molecule is O=C1CC2(CCNC2)C(=O)N1C1CC1. The number of imide groups is 1. The molecule has 3 fully saturated rings. The summed E-state index contributed by atoms with van der Waals surface area (Å²) in [4.78, 5) is 25.3. The van der Waals surface area contributed by atoms with E-state index >= 15 is 0 Å². The van der Waals surface area contributed by atoms with Crippen LogP contribution in [-0.4, -0.2) is 35.8 Å². The van der Waals surface area contributed by atoms with Gasteiger partial charge in [-0.2, -0.15) is 0 Å². The molecule has 0 aromatic carbocycles. The van der Waals surface area contributed by atoms with Gasteiger partial charge in [-0.05, 0) is 25.8 Å². The Balaban J connectivity index is 1.90. The summed E-state index contributed by atoms with van der Waals surface area (Å²) in [5.74, 6) is 0.149. The quantitative estimate of drug-likeness (QED) is 0.592. The van der Waals surface area contributed by atoms with Gasteiger partial charge in [-0.25, -0.2) is 0 Å². The molecule has 0 aromatic rings. The molecular formula is C10H14N2O2. The van der Waals surface area contributed by atoms with Crippen molar-refractivity contribution in [3.63, 3.8) is 0 Å². The van der Waals surface area contributed by atoms with Crippen LogP contribution in [0, 0.1) is 5.41 Å². The minimum Gasteiger partial charge on any atom is -0.316 e. The number of likely N-dealkylation sites (tertiary alicyclic amines) is 1. The van der Waals surface area contributed by atoms with Gasteiger partial charge in [0.15, 0.2) is 0 Å². The zero-order valence-electron chi connectivity index (χ0n) is 8.08. The molecule has 3 aliphatic rings. The molecule has 14 heavy (non-hydrogen) atoms. The highest BCUT2D eigenvalue weighted by atomic mass is 16.2. The first-order chi connectivity index (χ1) is 6.73. The average Bonchev–Trinajstić information content (AvgIpc) is 2.81. The number of carbonyl (C=O) groups excluding carboxylic acids is 2. The Bertz CT molecular complexity index is 303. The van der Waals surface area contributed by atoms with Gasteiger partial charge >= 0.3 is 0 Å². The number of carbonyl (C=O) groups is 2. The van der Waals surface area contributed by atoms with Gasteiger partial charge in [0.25, 0.3) is 0 Å². The van der Waals surface area contributed by atoms with E-state index in [1.807, 2.05) is 0 Å². The van der Waals surface area contributed by atoms with Crippen LogP contribution in [0.4, 0.5) is 0 Å². The maximum atomic E-state index is 12.1. The van der Waals surface area contributed by atoms with Crippen LogP contribution in [0.15, 0.2) is 0 Å². The lowest BCUT2D eigenvalue weighted by atomic mass is 9.85. The van der Waals surface area contributed by atoms with Crippen LogP contribution in [0.2, 0.25) is 0 Å². The Kier molecular flexibility index (Phi) is 1.54. The summed E-state index contributed by atoms with van der Waals surface area (Å²) < 4.78 is 0. The van der Waals surface area contributed by atoms with Crippen LogP contribution >= 0.6 is 0 Å². The standard InChI is InChI=1S/C10H14N2O2/c13-8-5-10(3-4-11-6-10)9(14)12(8)7-1-2-7/h7,11H,1-6H2. The van der Waals surface area contributed by atoms with Crippen molar-refractivity contribution in [1.82, 2.24) is 10.2 Å². The van der Waals surface area contributed by atoms with Crippen LogP contribution < -0.4 is 5.32 Å². The lowest BCUT2D eigenvalue weighted by molar-refractivity contribution is -0.141. The van der Waals surface area contributed by atoms with E-state index in [0.29, 0.717) is 13.0 Å². The third-order valence-corrected chi connectivity index (χ3v) is 3.59. The molecular weight excluding hydrogens is 180 g/mol. The molecule has 76 valence electrons. The van der Waals surface area contributed by atoms with Gasteiger partial charge in [-0.15, -0.1) is 0 Å². The van der Waals surface area contributed by atoms with Gasteiger partial charge in [-0.3, -0.25) is 14.5 Å². The second-order valence-electron chi connectivity index (χ2n) is 4.68. The van der Waals surface area contributed by atoms with Crippen LogP contribution in [0.3, 0.4) is 0 Å². The number of hydrogen-bond acceptors (Lipinski definition) is 3. The Morgan fingerprint density at radius 2 is 2.14 bits per heavy atom. The molecule has 0 radical (unpaired) electrons. The van der Waals surface area contributed by atoms with Gasteiger partial charge in [0.05, 0.1) is 5.41 Å². The van der Waals surface area contributed by atoms with Crippen molar-refractivity contribution in [3.05, 3.63) is 0 Å². The smallest absolute Gasteiger partial charge is 0.237 e. The van der Waals surface area contributed by atoms with Gasteiger partial charge < -0.3 is 5.32 Å². The van der Waals surface area contributed by atoms with E-state index in [0.717, 1.165) is 25.8 Å². The van der Waals surface area contributed by atoms with E-state index in [1.165, 1.54) is 4.90 Å². The molecule has 1 spiro atoms. The van der Waals surface area contributed by atoms with Crippen LogP contribution in [-0.2, 0) is 9.59 Å². The Morgan fingerprint density at radius 1 is 1.36 bits per heavy atom. The van der Waals surface area contributed by atoms with Gasteiger partial charge in [0.2, 0.25) is 11.8 Å².